The molecule has 0 bridgehead atoms. The molecule has 0 aliphatic carbocycles. The number of nitrogens with zero attached hydrogens (tertiary/aromatic N) is 5. The van der Waals surface area contributed by atoms with Crippen LogP contribution < -0.4 is 10.2 Å². The lowest BCUT2D eigenvalue weighted by atomic mass is 10.0. The Kier molecular flexibility index (Phi) is 6.58. The van der Waals surface area contributed by atoms with Gasteiger partial charge in [-0.1, -0.05) is 17.9 Å². The Morgan fingerprint density at radius 1 is 1.15 bits per heavy atom. The number of rotatable bonds is 4. The van der Waals surface area contributed by atoms with E-state index in [1.165, 1.54) is 6.07 Å². The van der Waals surface area contributed by atoms with Gasteiger partial charge in [0.1, 0.15) is 16.7 Å². The molecule has 12 heteroatoms. The van der Waals surface area contributed by atoms with Crippen LogP contribution in [0.2, 0.25) is 0 Å². The maximum Gasteiger partial charge on any atom is 0.263 e. The number of fused-ring (bicyclic) bond motifs is 1. The Morgan fingerprint density at radius 2 is 1.91 bits per heavy atom. The monoisotopic (exact) mass is 464 g/mol. The summed E-state index contributed by atoms with van der Waals surface area (Å²) in [5, 5.41) is 5.58. The number of piperazine rings is 1. The molecule has 3 aliphatic heterocycles. The molecule has 2 N–H and O–H groups in total. The first-order chi connectivity index (χ1) is 16.4. The summed E-state index contributed by atoms with van der Waals surface area (Å²) in [7, 11) is 0. The van der Waals surface area contributed by atoms with Crippen molar-refractivity contribution in [1.82, 2.24) is 24.9 Å². The molecule has 1 aromatic carbocycles. The quantitative estimate of drug-likeness (QED) is 0.255. The second-order valence-corrected chi connectivity index (χ2v) is 8.03. The lowest BCUT2D eigenvalue weighted by Crippen LogP contribution is -2.54. The van der Waals surface area contributed by atoms with E-state index in [-0.39, 0.29) is 36.4 Å². The van der Waals surface area contributed by atoms with Gasteiger partial charge in [-0.15, -0.1) is 0 Å². The number of imide groups is 2. The molecule has 0 spiro atoms. The molecule has 1 aromatic rings. The zero-order chi connectivity index (χ0) is 24.2. The molecular formula is C22H22N7O5+. The number of hydrogen-bond acceptors (Lipinski definition) is 8. The molecule has 4 rings (SSSR count). The van der Waals surface area contributed by atoms with E-state index in [9.17, 15) is 24.0 Å². The SMILES string of the molecule is N=[N+]=NCC(=O)N1CCN(CC#Cc2cccc3c2C(=O)N(C2CCC(=O)NC2=O)C3=O)CC1. The first-order valence-corrected chi connectivity index (χ1v) is 10.8. The Labute approximate surface area is 194 Å². The first-order valence-electron chi connectivity index (χ1n) is 10.8. The summed E-state index contributed by atoms with van der Waals surface area (Å²) in [6.45, 7) is 2.55. The predicted octanol–water partition coefficient (Wildman–Crippen LogP) is -0.866. The zero-order valence-electron chi connectivity index (χ0n) is 18.2. The Balaban J connectivity index is 1.43. The molecule has 1 unspecified atom stereocenters. The number of nitrogens with one attached hydrogen (secondary N) is 2. The number of hydrogen-bond donors (Lipinski definition) is 2. The van der Waals surface area contributed by atoms with Gasteiger partial charge in [0, 0.05) is 38.2 Å². The number of amides is 5. The normalized spacial score (nSPS) is 20.3. The second-order valence-electron chi connectivity index (χ2n) is 8.03. The number of carbonyl (C=O) groups is 5. The molecule has 0 aromatic heterocycles. The van der Waals surface area contributed by atoms with Crippen molar-refractivity contribution in [1.29, 1.82) is 5.53 Å². The van der Waals surface area contributed by atoms with Gasteiger partial charge in [-0.2, -0.15) is 0 Å². The van der Waals surface area contributed by atoms with Gasteiger partial charge in [0.15, 0.2) is 0 Å². The fraction of sp³-hybridized carbons (Fsp3) is 0.409. The largest absolute Gasteiger partial charge is 0.338 e. The van der Waals surface area contributed by atoms with Crippen molar-refractivity contribution in [3.05, 3.63) is 34.9 Å². The van der Waals surface area contributed by atoms with Crippen molar-refractivity contribution in [3.8, 4) is 11.8 Å². The van der Waals surface area contributed by atoms with Crippen LogP contribution in [0.25, 0.3) is 0 Å². The Morgan fingerprint density at radius 3 is 2.62 bits per heavy atom. The Hall–Kier alpha value is -4.20. The third kappa shape index (κ3) is 4.47. The minimum Gasteiger partial charge on any atom is -0.338 e. The molecule has 0 radical (unpaired) electrons. The maximum atomic E-state index is 13.1. The van der Waals surface area contributed by atoms with Gasteiger partial charge >= 0.3 is 0 Å². The van der Waals surface area contributed by atoms with E-state index in [0.29, 0.717) is 38.3 Å². The van der Waals surface area contributed by atoms with E-state index in [1.807, 2.05) is 0 Å². The smallest absolute Gasteiger partial charge is 0.263 e. The minimum atomic E-state index is -1.02. The van der Waals surface area contributed by atoms with Gasteiger partial charge in [0.2, 0.25) is 23.3 Å². The molecule has 0 saturated carbocycles. The second kappa shape index (κ2) is 9.74. The molecule has 2 saturated heterocycles. The summed E-state index contributed by atoms with van der Waals surface area (Å²) in [5.41, 5.74) is 7.40. The van der Waals surface area contributed by atoms with E-state index in [0.717, 1.165) is 4.90 Å². The first kappa shape index (κ1) is 23.0. The van der Waals surface area contributed by atoms with Crippen molar-refractivity contribution < 1.29 is 24.0 Å². The third-order valence-corrected chi connectivity index (χ3v) is 6.00. The van der Waals surface area contributed by atoms with Crippen LogP contribution in [0.5, 0.6) is 0 Å². The number of benzene rings is 1. The van der Waals surface area contributed by atoms with Crippen molar-refractivity contribution in [2.24, 2.45) is 5.11 Å². The lowest BCUT2D eigenvalue weighted by Gasteiger charge is -2.33. The average molecular weight is 464 g/mol. The van der Waals surface area contributed by atoms with Crippen LogP contribution in [0.4, 0.5) is 0 Å². The van der Waals surface area contributed by atoms with E-state index in [4.69, 9.17) is 5.53 Å². The molecule has 5 amide bonds. The van der Waals surface area contributed by atoms with E-state index in [1.54, 1.807) is 17.0 Å². The molecule has 12 nitrogen and oxygen atoms in total. The van der Waals surface area contributed by atoms with E-state index < -0.39 is 29.7 Å². The lowest BCUT2D eigenvalue weighted by molar-refractivity contribution is -0.136. The molecule has 3 aliphatic rings. The topological polar surface area (TPSA) is 157 Å². The highest BCUT2D eigenvalue weighted by atomic mass is 16.2. The predicted molar refractivity (Wildman–Crippen MR) is 115 cm³/mol. The summed E-state index contributed by atoms with van der Waals surface area (Å²) in [6.07, 6.45) is 0.154. The van der Waals surface area contributed by atoms with Gasteiger partial charge in [0.05, 0.1) is 17.7 Å². The summed E-state index contributed by atoms with van der Waals surface area (Å²) >= 11 is 0. The molecule has 3 heterocycles. The highest BCUT2D eigenvalue weighted by Gasteiger charge is 2.45. The summed E-state index contributed by atoms with van der Waals surface area (Å²) in [4.78, 5) is 69.1. The highest BCUT2D eigenvalue weighted by molar-refractivity contribution is 6.24. The van der Waals surface area contributed by atoms with Crippen LogP contribution >= 0.6 is 0 Å². The van der Waals surface area contributed by atoms with E-state index >= 15 is 0 Å². The van der Waals surface area contributed by atoms with Gasteiger partial charge in [0.25, 0.3) is 17.7 Å². The summed E-state index contributed by atoms with van der Waals surface area (Å²) in [6, 6.07) is 3.80. The molecule has 2 fully saturated rings. The standard InChI is InChI=1S/C22H21N7O5/c23-26-24-13-18(31)28-11-9-27(10-12-28)8-2-4-14-3-1-5-15-19(14)22(34)29(21(15)33)16-6-7-17(30)25-20(16)32/h1,3,5,16,23H,6-13H2/p+1. The Bertz CT molecular complexity index is 1190. The van der Waals surface area contributed by atoms with Gasteiger partial charge in [-0.3, -0.25) is 39.1 Å². The van der Waals surface area contributed by atoms with Crippen molar-refractivity contribution in [2.75, 3.05) is 39.3 Å². The van der Waals surface area contributed by atoms with Crippen LogP contribution in [-0.2, 0) is 14.4 Å². The minimum absolute atomic E-state index is 0.0592. The third-order valence-electron chi connectivity index (χ3n) is 6.00. The summed E-state index contributed by atoms with van der Waals surface area (Å²) in [5.74, 6) is 3.60. The van der Waals surface area contributed by atoms with Gasteiger partial charge in [-0.05, 0) is 18.6 Å². The van der Waals surface area contributed by atoms with Crippen molar-refractivity contribution >= 4 is 29.5 Å². The van der Waals surface area contributed by atoms with Crippen molar-refractivity contribution in [2.45, 2.75) is 18.9 Å². The van der Waals surface area contributed by atoms with Crippen molar-refractivity contribution in [3.63, 3.8) is 0 Å². The van der Waals surface area contributed by atoms with E-state index in [2.05, 4.69) is 32.1 Å². The fourth-order valence-corrected chi connectivity index (χ4v) is 4.22. The highest BCUT2D eigenvalue weighted by Crippen LogP contribution is 2.29. The van der Waals surface area contributed by atoms with Crippen LogP contribution in [0.3, 0.4) is 0 Å². The van der Waals surface area contributed by atoms with Gasteiger partial charge < -0.3 is 4.90 Å². The fourth-order valence-electron chi connectivity index (χ4n) is 4.22. The summed E-state index contributed by atoms with van der Waals surface area (Å²) < 4.78 is 0. The zero-order valence-corrected chi connectivity index (χ0v) is 18.2. The molecule has 34 heavy (non-hydrogen) atoms. The van der Waals surface area contributed by atoms with Crippen LogP contribution in [-0.4, -0.2) is 89.5 Å². The van der Waals surface area contributed by atoms with Gasteiger partial charge in [-0.25, -0.2) is 0 Å². The molecular weight excluding hydrogens is 442 g/mol. The number of piperidine rings is 1. The van der Waals surface area contributed by atoms with Crippen LogP contribution in [0.15, 0.2) is 23.3 Å². The maximum absolute atomic E-state index is 13.1. The van der Waals surface area contributed by atoms with Crippen LogP contribution in [0.1, 0.15) is 39.1 Å². The molecule has 174 valence electrons. The number of carbonyl (C=O) groups excluding carboxylic acids is 5. The average Bonchev–Trinajstić information content (AvgIpc) is 3.09. The van der Waals surface area contributed by atoms with Crippen LogP contribution in [0, 0.1) is 17.4 Å². The molecule has 1 atom stereocenters.